The fraction of sp³-hybridized carbons (Fsp3) is 0.250. The van der Waals surface area contributed by atoms with Crippen molar-refractivity contribution < 1.29 is 4.74 Å². The van der Waals surface area contributed by atoms with Crippen LogP contribution in [0.5, 0.6) is 5.75 Å². The number of benzene rings is 2. The number of rotatable bonds is 5. The lowest BCUT2D eigenvalue weighted by Gasteiger charge is -2.18. The van der Waals surface area contributed by atoms with E-state index in [4.69, 9.17) is 16.3 Å². The van der Waals surface area contributed by atoms with Crippen LogP contribution >= 0.6 is 43.5 Å². The van der Waals surface area contributed by atoms with E-state index in [2.05, 4.69) is 50.2 Å². The average molecular weight is 434 g/mol. The second kappa shape index (κ2) is 7.63. The molecular formula is C16H16Br2ClNO. The van der Waals surface area contributed by atoms with Crippen molar-refractivity contribution in [3.05, 3.63) is 61.5 Å². The summed E-state index contributed by atoms with van der Waals surface area (Å²) in [6.45, 7) is 2.79. The molecule has 0 bridgehead atoms. The molecule has 2 aromatic rings. The number of hydrogen-bond donors (Lipinski definition) is 1. The molecule has 2 aromatic carbocycles. The van der Waals surface area contributed by atoms with Crippen molar-refractivity contribution in [1.82, 2.24) is 5.32 Å². The lowest BCUT2D eigenvalue weighted by molar-refractivity contribution is 0.403. The van der Waals surface area contributed by atoms with Crippen LogP contribution in [0.15, 0.2) is 45.3 Å². The Labute approximate surface area is 147 Å². The van der Waals surface area contributed by atoms with Crippen molar-refractivity contribution in [2.24, 2.45) is 0 Å². The monoisotopic (exact) mass is 431 g/mol. The molecule has 0 radical (unpaired) electrons. The van der Waals surface area contributed by atoms with Crippen LogP contribution in [-0.2, 0) is 6.54 Å². The molecule has 0 saturated heterocycles. The van der Waals surface area contributed by atoms with E-state index in [0.717, 1.165) is 30.8 Å². The summed E-state index contributed by atoms with van der Waals surface area (Å²) < 4.78 is 7.40. The normalized spacial score (nSPS) is 12.2. The third-order valence-corrected chi connectivity index (χ3v) is 4.65. The highest BCUT2D eigenvalue weighted by Gasteiger charge is 2.12. The van der Waals surface area contributed by atoms with E-state index in [1.807, 2.05) is 30.3 Å². The van der Waals surface area contributed by atoms with Crippen LogP contribution in [0.2, 0.25) is 5.02 Å². The van der Waals surface area contributed by atoms with Gasteiger partial charge in [0.05, 0.1) is 11.6 Å². The quantitative estimate of drug-likeness (QED) is 0.651. The Morgan fingerprint density at radius 2 is 1.95 bits per heavy atom. The van der Waals surface area contributed by atoms with Crippen molar-refractivity contribution in [3.8, 4) is 5.75 Å². The molecule has 1 N–H and O–H groups in total. The Morgan fingerprint density at radius 1 is 1.24 bits per heavy atom. The summed E-state index contributed by atoms with van der Waals surface area (Å²) in [6, 6.07) is 12.1. The van der Waals surface area contributed by atoms with E-state index in [9.17, 15) is 0 Å². The molecule has 1 atom stereocenters. The van der Waals surface area contributed by atoms with Crippen molar-refractivity contribution in [2.75, 3.05) is 7.11 Å². The van der Waals surface area contributed by atoms with Crippen molar-refractivity contribution in [1.29, 1.82) is 0 Å². The molecule has 5 heteroatoms. The van der Waals surface area contributed by atoms with Crippen LogP contribution < -0.4 is 10.1 Å². The van der Waals surface area contributed by atoms with E-state index in [1.165, 1.54) is 0 Å². The van der Waals surface area contributed by atoms with Gasteiger partial charge in [-0.15, -0.1) is 0 Å². The molecule has 0 unspecified atom stereocenters. The Kier molecular flexibility index (Phi) is 6.11. The summed E-state index contributed by atoms with van der Waals surface area (Å²) in [5.41, 5.74) is 2.17. The molecule has 0 spiro atoms. The Balaban J connectivity index is 2.15. The summed E-state index contributed by atoms with van der Waals surface area (Å²) in [7, 11) is 1.68. The molecule has 0 saturated carbocycles. The number of hydrogen-bond acceptors (Lipinski definition) is 2. The van der Waals surface area contributed by atoms with E-state index in [-0.39, 0.29) is 6.04 Å². The van der Waals surface area contributed by atoms with Gasteiger partial charge in [-0.2, -0.15) is 0 Å². The van der Waals surface area contributed by atoms with Crippen LogP contribution in [0.25, 0.3) is 0 Å². The lowest BCUT2D eigenvalue weighted by Crippen LogP contribution is -2.19. The first kappa shape index (κ1) is 16.8. The van der Waals surface area contributed by atoms with Gasteiger partial charge in [-0.3, -0.25) is 0 Å². The van der Waals surface area contributed by atoms with Gasteiger partial charge in [0.1, 0.15) is 5.75 Å². The van der Waals surface area contributed by atoms with E-state index in [0.29, 0.717) is 6.54 Å². The molecule has 0 heterocycles. The predicted octanol–water partition coefficient (Wildman–Crippen LogP) is 5.72. The van der Waals surface area contributed by atoms with E-state index in [1.54, 1.807) is 7.11 Å². The zero-order chi connectivity index (χ0) is 15.4. The van der Waals surface area contributed by atoms with Crippen molar-refractivity contribution >= 4 is 43.5 Å². The molecule has 0 amide bonds. The minimum atomic E-state index is 0.154. The van der Waals surface area contributed by atoms with Crippen LogP contribution in [0.1, 0.15) is 24.1 Å². The Morgan fingerprint density at radius 3 is 2.62 bits per heavy atom. The maximum absolute atomic E-state index is 6.23. The molecule has 2 rings (SSSR count). The van der Waals surface area contributed by atoms with Crippen molar-refractivity contribution in [3.63, 3.8) is 0 Å². The molecule has 0 aliphatic carbocycles. The topological polar surface area (TPSA) is 21.3 Å². The second-order valence-corrected chi connectivity index (χ2v) is 6.88. The first-order chi connectivity index (χ1) is 10.0. The predicted molar refractivity (Wildman–Crippen MR) is 95.1 cm³/mol. The standard InChI is InChI=1S/C16H16Br2ClNO/c1-10(13-5-3-4-6-15(13)19)20-9-11-7-12(17)8-14(18)16(11)21-2/h3-8,10,20H,9H2,1-2H3/t10-/m0/s1. The summed E-state index contributed by atoms with van der Waals surface area (Å²) in [6.07, 6.45) is 0. The number of nitrogens with one attached hydrogen (secondary N) is 1. The summed E-state index contributed by atoms with van der Waals surface area (Å²) >= 11 is 13.3. The average Bonchev–Trinajstić information content (AvgIpc) is 2.44. The second-order valence-electron chi connectivity index (χ2n) is 4.70. The van der Waals surface area contributed by atoms with Gasteiger partial charge >= 0.3 is 0 Å². The molecule has 112 valence electrons. The molecule has 0 aliphatic rings. The summed E-state index contributed by atoms with van der Waals surface area (Å²) in [5, 5.41) is 4.26. The minimum Gasteiger partial charge on any atom is -0.495 e. The Hall–Kier alpha value is -0.550. The van der Waals surface area contributed by atoms with Crippen LogP contribution in [0.3, 0.4) is 0 Å². The summed E-state index contributed by atoms with van der Waals surface area (Å²) in [4.78, 5) is 0. The molecule has 2 nitrogen and oxygen atoms in total. The Bertz CT molecular complexity index is 634. The third-order valence-electron chi connectivity index (χ3n) is 3.26. The minimum absolute atomic E-state index is 0.154. The zero-order valence-corrected chi connectivity index (χ0v) is 15.7. The molecular weight excluding hydrogens is 417 g/mol. The van der Waals surface area contributed by atoms with Gasteiger partial charge in [0.2, 0.25) is 0 Å². The largest absolute Gasteiger partial charge is 0.495 e. The van der Waals surface area contributed by atoms with Gasteiger partial charge in [0.15, 0.2) is 0 Å². The molecule has 0 aliphatic heterocycles. The van der Waals surface area contributed by atoms with Gasteiger partial charge in [-0.1, -0.05) is 45.7 Å². The molecule has 0 fully saturated rings. The maximum atomic E-state index is 6.23. The third kappa shape index (κ3) is 4.22. The first-order valence-electron chi connectivity index (χ1n) is 6.52. The van der Waals surface area contributed by atoms with Crippen LogP contribution in [-0.4, -0.2) is 7.11 Å². The highest BCUT2D eigenvalue weighted by Crippen LogP contribution is 2.33. The first-order valence-corrected chi connectivity index (χ1v) is 8.49. The number of halogens is 3. The van der Waals surface area contributed by atoms with Gasteiger partial charge in [0.25, 0.3) is 0 Å². The van der Waals surface area contributed by atoms with E-state index >= 15 is 0 Å². The van der Waals surface area contributed by atoms with Gasteiger partial charge in [0, 0.05) is 27.6 Å². The summed E-state index contributed by atoms with van der Waals surface area (Å²) in [5.74, 6) is 0.844. The highest BCUT2D eigenvalue weighted by molar-refractivity contribution is 9.11. The van der Waals surface area contributed by atoms with Gasteiger partial charge in [-0.25, -0.2) is 0 Å². The fourth-order valence-electron chi connectivity index (χ4n) is 2.17. The fourth-order valence-corrected chi connectivity index (χ4v) is 3.95. The van der Waals surface area contributed by atoms with Crippen LogP contribution in [0.4, 0.5) is 0 Å². The zero-order valence-electron chi connectivity index (χ0n) is 11.8. The smallest absolute Gasteiger partial charge is 0.137 e. The van der Waals surface area contributed by atoms with Gasteiger partial charge in [-0.05, 0) is 46.6 Å². The molecule has 0 aromatic heterocycles. The van der Waals surface area contributed by atoms with Crippen molar-refractivity contribution in [2.45, 2.75) is 19.5 Å². The maximum Gasteiger partial charge on any atom is 0.137 e. The lowest BCUT2D eigenvalue weighted by atomic mass is 10.1. The molecule has 21 heavy (non-hydrogen) atoms. The van der Waals surface area contributed by atoms with E-state index < -0.39 is 0 Å². The van der Waals surface area contributed by atoms with Crippen LogP contribution in [0, 0.1) is 0 Å². The number of methoxy groups -OCH3 is 1. The van der Waals surface area contributed by atoms with Gasteiger partial charge < -0.3 is 10.1 Å². The highest BCUT2D eigenvalue weighted by atomic mass is 79.9. The number of ether oxygens (including phenoxy) is 1. The SMILES string of the molecule is COc1c(Br)cc(Br)cc1CN[C@@H](C)c1ccccc1Cl.